The molecule has 0 aliphatic heterocycles. The summed E-state index contributed by atoms with van der Waals surface area (Å²) in [5.41, 5.74) is 1.98. The summed E-state index contributed by atoms with van der Waals surface area (Å²) in [6.45, 7) is -0.239. The Hall–Kier alpha value is -2.89. The first-order valence-corrected chi connectivity index (χ1v) is 8.24. The SMILES string of the molecule is COc1cc(C=NNC(=O)COc2ccc(I)cc2)cc([N+](=O)[O-])c1O. The molecule has 0 saturated heterocycles. The highest BCUT2D eigenvalue weighted by Gasteiger charge is 2.19. The first-order chi connectivity index (χ1) is 12.4. The maximum Gasteiger partial charge on any atom is 0.315 e. The van der Waals surface area contributed by atoms with Crippen LogP contribution in [0.25, 0.3) is 0 Å². The molecule has 0 heterocycles. The summed E-state index contributed by atoms with van der Waals surface area (Å²) in [5, 5.41) is 24.3. The van der Waals surface area contributed by atoms with E-state index in [1.807, 2.05) is 12.1 Å². The number of nitrogens with zero attached hydrogens (tertiary/aromatic N) is 2. The van der Waals surface area contributed by atoms with E-state index in [-0.39, 0.29) is 17.9 Å². The van der Waals surface area contributed by atoms with Crippen LogP contribution >= 0.6 is 22.6 Å². The van der Waals surface area contributed by atoms with Crippen LogP contribution in [-0.4, -0.2) is 35.9 Å². The summed E-state index contributed by atoms with van der Waals surface area (Å²) in [7, 11) is 1.27. The number of phenols is 1. The van der Waals surface area contributed by atoms with Gasteiger partial charge in [-0.2, -0.15) is 5.10 Å². The number of nitro benzene ring substituents is 1. The summed E-state index contributed by atoms with van der Waals surface area (Å²) >= 11 is 2.15. The van der Waals surface area contributed by atoms with Gasteiger partial charge in [-0.1, -0.05) is 0 Å². The Balaban J connectivity index is 1.96. The zero-order valence-corrected chi connectivity index (χ0v) is 15.7. The van der Waals surface area contributed by atoms with Crippen molar-refractivity contribution in [2.24, 2.45) is 5.10 Å². The van der Waals surface area contributed by atoms with Gasteiger partial charge in [-0.3, -0.25) is 14.9 Å². The second-order valence-corrected chi connectivity index (χ2v) is 6.13. The lowest BCUT2D eigenvalue weighted by molar-refractivity contribution is -0.386. The minimum absolute atomic E-state index is 0.0750. The first-order valence-electron chi connectivity index (χ1n) is 7.16. The van der Waals surface area contributed by atoms with Crippen molar-refractivity contribution in [3.8, 4) is 17.2 Å². The average Bonchev–Trinajstić information content (AvgIpc) is 2.62. The van der Waals surface area contributed by atoms with Crippen molar-refractivity contribution in [1.82, 2.24) is 5.43 Å². The molecular formula is C16H14IN3O6. The maximum absolute atomic E-state index is 11.7. The molecular weight excluding hydrogens is 457 g/mol. The van der Waals surface area contributed by atoms with Crippen molar-refractivity contribution in [1.29, 1.82) is 0 Å². The molecule has 9 nitrogen and oxygen atoms in total. The molecule has 0 radical (unpaired) electrons. The molecule has 2 aromatic rings. The van der Waals surface area contributed by atoms with Crippen LogP contribution in [0.1, 0.15) is 5.56 Å². The van der Waals surface area contributed by atoms with E-state index in [1.165, 1.54) is 19.4 Å². The van der Waals surface area contributed by atoms with Gasteiger partial charge in [0.1, 0.15) is 5.75 Å². The minimum Gasteiger partial charge on any atom is -0.500 e. The molecule has 0 aliphatic carbocycles. The molecule has 0 unspecified atom stereocenters. The van der Waals surface area contributed by atoms with Gasteiger partial charge in [0.2, 0.25) is 5.75 Å². The van der Waals surface area contributed by atoms with Crippen LogP contribution in [-0.2, 0) is 4.79 Å². The second-order valence-electron chi connectivity index (χ2n) is 4.88. The number of hydrazone groups is 1. The monoisotopic (exact) mass is 471 g/mol. The lowest BCUT2D eigenvalue weighted by Crippen LogP contribution is -2.24. The summed E-state index contributed by atoms with van der Waals surface area (Å²) in [5.74, 6) is -0.609. The Labute approximate surface area is 161 Å². The third-order valence-corrected chi connectivity index (χ3v) is 3.80. The largest absolute Gasteiger partial charge is 0.500 e. The van der Waals surface area contributed by atoms with Gasteiger partial charge >= 0.3 is 5.69 Å². The number of nitrogens with one attached hydrogen (secondary N) is 1. The Morgan fingerprint density at radius 2 is 2.08 bits per heavy atom. The van der Waals surface area contributed by atoms with Gasteiger partial charge in [-0.15, -0.1) is 0 Å². The van der Waals surface area contributed by atoms with Crippen LogP contribution in [0.2, 0.25) is 0 Å². The van der Waals surface area contributed by atoms with Crippen LogP contribution in [0.5, 0.6) is 17.2 Å². The van der Waals surface area contributed by atoms with Gasteiger partial charge in [0.15, 0.2) is 12.4 Å². The van der Waals surface area contributed by atoms with E-state index in [2.05, 4.69) is 33.1 Å². The van der Waals surface area contributed by atoms with Crippen LogP contribution in [0, 0.1) is 13.7 Å². The number of rotatable bonds is 7. The van der Waals surface area contributed by atoms with Gasteiger partial charge in [0.05, 0.1) is 18.2 Å². The Morgan fingerprint density at radius 3 is 2.69 bits per heavy atom. The number of nitro groups is 1. The van der Waals surface area contributed by atoms with Crippen LogP contribution < -0.4 is 14.9 Å². The summed E-state index contributed by atoms with van der Waals surface area (Å²) < 4.78 is 11.2. The molecule has 1 amide bonds. The molecule has 10 heteroatoms. The highest BCUT2D eigenvalue weighted by atomic mass is 127. The van der Waals surface area contributed by atoms with E-state index in [1.54, 1.807) is 12.1 Å². The number of benzene rings is 2. The first kappa shape index (κ1) is 19.4. The molecule has 0 fully saturated rings. The van der Waals surface area contributed by atoms with Crippen molar-refractivity contribution in [3.05, 3.63) is 55.6 Å². The lowest BCUT2D eigenvalue weighted by atomic mass is 10.2. The fourth-order valence-electron chi connectivity index (χ4n) is 1.87. The van der Waals surface area contributed by atoms with Gasteiger partial charge in [-0.25, -0.2) is 5.43 Å². The summed E-state index contributed by atoms with van der Waals surface area (Å²) in [4.78, 5) is 21.9. The smallest absolute Gasteiger partial charge is 0.315 e. The molecule has 2 aromatic carbocycles. The Bertz CT molecular complexity index is 839. The number of hydrogen-bond donors (Lipinski definition) is 2. The zero-order chi connectivity index (χ0) is 19.1. The number of halogens is 1. The van der Waals surface area contributed by atoms with Crippen LogP contribution in [0.4, 0.5) is 5.69 Å². The van der Waals surface area contributed by atoms with Crippen molar-refractivity contribution < 1.29 is 24.3 Å². The van der Waals surface area contributed by atoms with E-state index < -0.39 is 22.3 Å². The van der Waals surface area contributed by atoms with E-state index >= 15 is 0 Å². The molecule has 0 atom stereocenters. The number of carbonyl (C=O) groups excluding carboxylic acids is 1. The van der Waals surface area contributed by atoms with Gasteiger partial charge in [0, 0.05) is 15.2 Å². The number of methoxy groups -OCH3 is 1. The van der Waals surface area contributed by atoms with Gasteiger partial charge in [-0.05, 0) is 52.9 Å². The Kier molecular flexibility index (Phi) is 6.72. The highest BCUT2D eigenvalue weighted by Crippen LogP contribution is 2.36. The lowest BCUT2D eigenvalue weighted by Gasteiger charge is -2.06. The predicted molar refractivity (Wildman–Crippen MR) is 102 cm³/mol. The number of ether oxygens (including phenoxy) is 2. The molecule has 26 heavy (non-hydrogen) atoms. The average molecular weight is 471 g/mol. The normalized spacial score (nSPS) is 10.5. The number of hydrogen-bond acceptors (Lipinski definition) is 7. The second kappa shape index (κ2) is 8.99. The fraction of sp³-hybridized carbons (Fsp3) is 0.125. The molecule has 0 spiro atoms. The molecule has 2 N–H and O–H groups in total. The van der Waals surface area contributed by atoms with Gasteiger partial charge in [0.25, 0.3) is 5.91 Å². The van der Waals surface area contributed by atoms with E-state index in [4.69, 9.17) is 9.47 Å². The topological polar surface area (TPSA) is 123 Å². The van der Waals surface area contributed by atoms with Crippen molar-refractivity contribution >= 4 is 40.4 Å². The predicted octanol–water partition coefficient (Wildman–Crippen LogP) is 2.44. The van der Waals surface area contributed by atoms with Crippen molar-refractivity contribution in [3.63, 3.8) is 0 Å². The highest BCUT2D eigenvalue weighted by molar-refractivity contribution is 14.1. The molecule has 0 bridgehead atoms. The zero-order valence-electron chi connectivity index (χ0n) is 13.5. The minimum atomic E-state index is -0.747. The van der Waals surface area contributed by atoms with Crippen LogP contribution in [0.15, 0.2) is 41.5 Å². The van der Waals surface area contributed by atoms with E-state index in [0.717, 1.165) is 9.64 Å². The molecule has 0 saturated carbocycles. The quantitative estimate of drug-likeness (QED) is 0.277. The molecule has 2 rings (SSSR count). The van der Waals surface area contributed by atoms with Crippen molar-refractivity contribution in [2.75, 3.05) is 13.7 Å². The van der Waals surface area contributed by atoms with Gasteiger partial charge < -0.3 is 14.6 Å². The third-order valence-electron chi connectivity index (χ3n) is 3.08. The molecule has 0 aliphatic rings. The van der Waals surface area contributed by atoms with E-state index in [9.17, 15) is 20.0 Å². The Morgan fingerprint density at radius 1 is 1.38 bits per heavy atom. The number of aromatic hydroxyl groups is 1. The molecule has 136 valence electrons. The number of carbonyl (C=O) groups is 1. The number of phenolic OH excluding ortho intramolecular Hbond substituents is 1. The van der Waals surface area contributed by atoms with Crippen LogP contribution in [0.3, 0.4) is 0 Å². The standard InChI is InChI=1S/C16H14IN3O6/c1-25-14-7-10(6-13(16(14)22)20(23)24)8-18-19-15(21)9-26-12-4-2-11(17)3-5-12/h2-8,22H,9H2,1H3,(H,19,21). The summed E-state index contributed by atoms with van der Waals surface area (Å²) in [6, 6.07) is 9.62. The van der Waals surface area contributed by atoms with Crippen molar-refractivity contribution in [2.45, 2.75) is 0 Å². The summed E-state index contributed by atoms with van der Waals surface area (Å²) in [6.07, 6.45) is 1.19. The maximum atomic E-state index is 11.7. The molecule has 0 aromatic heterocycles. The fourth-order valence-corrected chi connectivity index (χ4v) is 2.23. The number of amides is 1. The third kappa shape index (κ3) is 5.31. The van der Waals surface area contributed by atoms with E-state index in [0.29, 0.717) is 5.75 Å².